The molecule has 0 fully saturated rings. The third-order valence-corrected chi connectivity index (χ3v) is 2.16. The quantitative estimate of drug-likeness (QED) is 0.578. The van der Waals surface area contributed by atoms with Crippen molar-refractivity contribution in [3.8, 4) is 0 Å². The summed E-state index contributed by atoms with van der Waals surface area (Å²) < 4.78 is 0. The van der Waals surface area contributed by atoms with Crippen molar-refractivity contribution in [3.63, 3.8) is 0 Å². The lowest BCUT2D eigenvalue weighted by molar-refractivity contribution is -0.130. The first kappa shape index (κ1) is 13.4. The molecule has 0 aromatic rings. The van der Waals surface area contributed by atoms with Crippen LogP contribution < -0.4 is 11.1 Å². The van der Waals surface area contributed by atoms with E-state index in [0.717, 1.165) is 25.9 Å². The van der Waals surface area contributed by atoms with Gasteiger partial charge in [-0.25, -0.2) is 0 Å². The summed E-state index contributed by atoms with van der Waals surface area (Å²) in [4.78, 5) is 13.3. The molecule has 0 radical (unpaired) electrons. The van der Waals surface area contributed by atoms with Crippen LogP contribution in [0, 0.1) is 0 Å². The SMILES string of the molecule is CNCCCN(C)C(=O)CCC(C)N. The number of amides is 1. The smallest absolute Gasteiger partial charge is 0.222 e. The van der Waals surface area contributed by atoms with Gasteiger partial charge in [0.25, 0.3) is 0 Å². The summed E-state index contributed by atoms with van der Waals surface area (Å²) in [6.07, 6.45) is 2.33. The van der Waals surface area contributed by atoms with Gasteiger partial charge >= 0.3 is 0 Å². The van der Waals surface area contributed by atoms with E-state index in [2.05, 4.69) is 5.32 Å². The minimum absolute atomic E-state index is 0.115. The number of nitrogens with two attached hydrogens (primary N) is 1. The summed E-state index contributed by atoms with van der Waals surface area (Å²) >= 11 is 0. The largest absolute Gasteiger partial charge is 0.346 e. The molecule has 1 amide bonds. The van der Waals surface area contributed by atoms with Crippen LogP contribution in [0.4, 0.5) is 0 Å². The van der Waals surface area contributed by atoms with Crippen molar-refractivity contribution < 1.29 is 4.79 Å². The second-order valence-electron chi connectivity index (χ2n) is 3.79. The van der Waals surface area contributed by atoms with Crippen LogP contribution in [0.5, 0.6) is 0 Å². The summed E-state index contributed by atoms with van der Waals surface area (Å²) in [7, 11) is 3.76. The molecule has 4 heteroatoms. The fourth-order valence-corrected chi connectivity index (χ4v) is 1.16. The molecule has 0 aromatic carbocycles. The lowest BCUT2D eigenvalue weighted by Gasteiger charge is -2.17. The van der Waals surface area contributed by atoms with Crippen molar-refractivity contribution in [1.29, 1.82) is 0 Å². The maximum Gasteiger partial charge on any atom is 0.222 e. The topological polar surface area (TPSA) is 58.4 Å². The number of carbonyl (C=O) groups excluding carboxylic acids is 1. The monoisotopic (exact) mass is 201 g/mol. The van der Waals surface area contributed by atoms with Crippen molar-refractivity contribution in [1.82, 2.24) is 10.2 Å². The maximum absolute atomic E-state index is 11.5. The molecule has 0 aliphatic rings. The Morgan fingerprint density at radius 2 is 2.21 bits per heavy atom. The van der Waals surface area contributed by atoms with Gasteiger partial charge in [0.15, 0.2) is 0 Å². The molecule has 1 unspecified atom stereocenters. The van der Waals surface area contributed by atoms with Crippen molar-refractivity contribution >= 4 is 5.91 Å². The van der Waals surface area contributed by atoms with Crippen LogP contribution in [0.3, 0.4) is 0 Å². The number of hydrogen-bond acceptors (Lipinski definition) is 3. The molecule has 0 saturated heterocycles. The van der Waals surface area contributed by atoms with Gasteiger partial charge < -0.3 is 16.0 Å². The zero-order valence-corrected chi connectivity index (χ0v) is 9.55. The van der Waals surface area contributed by atoms with Crippen LogP contribution in [0.1, 0.15) is 26.2 Å². The number of carbonyl (C=O) groups is 1. The molecule has 1 atom stereocenters. The standard InChI is InChI=1S/C10H23N3O/c1-9(11)5-6-10(14)13(3)8-4-7-12-2/h9,12H,4-8,11H2,1-3H3. The first-order valence-corrected chi connectivity index (χ1v) is 5.22. The Kier molecular flexibility index (Phi) is 7.42. The second-order valence-corrected chi connectivity index (χ2v) is 3.79. The molecular weight excluding hydrogens is 178 g/mol. The van der Waals surface area contributed by atoms with Gasteiger partial charge in [-0.05, 0) is 33.4 Å². The van der Waals surface area contributed by atoms with E-state index in [-0.39, 0.29) is 11.9 Å². The van der Waals surface area contributed by atoms with E-state index in [9.17, 15) is 4.79 Å². The molecule has 14 heavy (non-hydrogen) atoms. The zero-order valence-electron chi connectivity index (χ0n) is 9.55. The Labute approximate surface area is 86.8 Å². The first-order chi connectivity index (χ1) is 6.57. The van der Waals surface area contributed by atoms with Crippen molar-refractivity contribution in [2.45, 2.75) is 32.2 Å². The molecule has 0 aromatic heterocycles. The lowest BCUT2D eigenvalue weighted by atomic mass is 10.2. The van der Waals surface area contributed by atoms with Gasteiger partial charge in [-0.15, -0.1) is 0 Å². The summed E-state index contributed by atoms with van der Waals surface area (Å²) in [6.45, 7) is 3.69. The normalized spacial score (nSPS) is 12.6. The molecular formula is C10H23N3O. The highest BCUT2D eigenvalue weighted by atomic mass is 16.2. The Balaban J connectivity index is 3.54. The highest BCUT2D eigenvalue weighted by Gasteiger charge is 2.08. The molecule has 0 saturated carbocycles. The van der Waals surface area contributed by atoms with Gasteiger partial charge in [-0.1, -0.05) is 0 Å². The summed E-state index contributed by atoms with van der Waals surface area (Å²) in [5.41, 5.74) is 5.58. The first-order valence-electron chi connectivity index (χ1n) is 5.22. The van der Waals surface area contributed by atoms with Crippen molar-refractivity contribution in [3.05, 3.63) is 0 Å². The van der Waals surface area contributed by atoms with Crippen LogP contribution >= 0.6 is 0 Å². The number of nitrogens with zero attached hydrogens (tertiary/aromatic N) is 1. The van der Waals surface area contributed by atoms with Crippen LogP contribution in [0.2, 0.25) is 0 Å². The van der Waals surface area contributed by atoms with E-state index in [1.807, 2.05) is 21.0 Å². The minimum Gasteiger partial charge on any atom is -0.346 e. The molecule has 4 nitrogen and oxygen atoms in total. The number of nitrogens with one attached hydrogen (secondary N) is 1. The molecule has 0 aliphatic carbocycles. The van der Waals surface area contributed by atoms with Crippen molar-refractivity contribution in [2.75, 3.05) is 27.2 Å². The Morgan fingerprint density at radius 1 is 1.57 bits per heavy atom. The fourth-order valence-electron chi connectivity index (χ4n) is 1.16. The predicted octanol–water partition coefficient (Wildman–Crippen LogP) is 0.182. The molecule has 84 valence electrons. The highest BCUT2D eigenvalue weighted by molar-refractivity contribution is 5.75. The van der Waals surface area contributed by atoms with Crippen LogP contribution in [0.25, 0.3) is 0 Å². The van der Waals surface area contributed by atoms with E-state index in [4.69, 9.17) is 5.73 Å². The molecule has 0 aliphatic heterocycles. The van der Waals surface area contributed by atoms with Crippen LogP contribution in [-0.2, 0) is 4.79 Å². The van der Waals surface area contributed by atoms with E-state index >= 15 is 0 Å². The van der Waals surface area contributed by atoms with Gasteiger partial charge in [0.2, 0.25) is 5.91 Å². The summed E-state index contributed by atoms with van der Waals surface area (Å²) in [5.74, 6) is 0.193. The lowest BCUT2D eigenvalue weighted by Crippen LogP contribution is -2.30. The minimum atomic E-state index is 0.115. The van der Waals surface area contributed by atoms with Gasteiger partial charge in [0.05, 0.1) is 0 Å². The van der Waals surface area contributed by atoms with E-state index in [0.29, 0.717) is 6.42 Å². The van der Waals surface area contributed by atoms with Crippen LogP contribution in [-0.4, -0.2) is 44.0 Å². The van der Waals surface area contributed by atoms with E-state index in [1.54, 1.807) is 4.90 Å². The Bertz CT molecular complexity index is 159. The number of hydrogen-bond donors (Lipinski definition) is 2. The van der Waals surface area contributed by atoms with Gasteiger partial charge in [-0.2, -0.15) is 0 Å². The molecule has 0 bridgehead atoms. The van der Waals surface area contributed by atoms with E-state index in [1.165, 1.54) is 0 Å². The Morgan fingerprint density at radius 3 is 2.71 bits per heavy atom. The molecule has 0 heterocycles. The second kappa shape index (κ2) is 7.76. The number of rotatable bonds is 7. The van der Waals surface area contributed by atoms with Crippen molar-refractivity contribution in [2.24, 2.45) is 5.73 Å². The molecule has 3 N–H and O–H groups in total. The zero-order chi connectivity index (χ0) is 11.0. The van der Waals surface area contributed by atoms with Gasteiger partial charge in [0, 0.05) is 26.1 Å². The fraction of sp³-hybridized carbons (Fsp3) is 0.900. The van der Waals surface area contributed by atoms with Gasteiger partial charge in [0.1, 0.15) is 0 Å². The van der Waals surface area contributed by atoms with E-state index < -0.39 is 0 Å². The summed E-state index contributed by atoms with van der Waals surface area (Å²) in [6, 6.07) is 0.115. The predicted molar refractivity (Wildman–Crippen MR) is 59.1 cm³/mol. The van der Waals surface area contributed by atoms with Gasteiger partial charge in [-0.3, -0.25) is 4.79 Å². The van der Waals surface area contributed by atoms with Crippen LogP contribution in [0.15, 0.2) is 0 Å². The molecule has 0 rings (SSSR count). The molecule has 0 spiro atoms. The average Bonchev–Trinajstić information content (AvgIpc) is 2.14. The third-order valence-electron chi connectivity index (χ3n) is 2.16. The highest BCUT2D eigenvalue weighted by Crippen LogP contribution is 1.98. The summed E-state index contributed by atoms with van der Waals surface area (Å²) in [5, 5.41) is 3.05. The Hall–Kier alpha value is -0.610. The maximum atomic E-state index is 11.5. The average molecular weight is 201 g/mol. The third kappa shape index (κ3) is 6.86.